The maximum Gasteiger partial charge on any atom is 0.237 e. The molecule has 1 rings (SSSR count). The van der Waals surface area contributed by atoms with E-state index in [1.54, 1.807) is 0 Å². The molecule has 16 heavy (non-hydrogen) atoms. The lowest BCUT2D eigenvalue weighted by Gasteiger charge is -2.16. The second-order valence-corrected chi connectivity index (χ2v) is 4.11. The number of amides is 1. The normalized spacial score (nSPS) is 14.2. The highest BCUT2D eigenvalue weighted by Gasteiger charge is 2.13. The second kappa shape index (κ2) is 6.28. The summed E-state index contributed by atoms with van der Waals surface area (Å²) in [5.41, 5.74) is 6.87. The summed E-state index contributed by atoms with van der Waals surface area (Å²) in [6, 6.07) is 9.83. The third-order valence-electron chi connectivity index (χ3n) is 2.55. The van der Waals surface area contributed by atoms with E-state index < -0.39 is 6.04 Å². The van der Waals surface area contributed by atoms with E-state index in [2.05, 4.69) is 17.4 Å². The van der Waals surface area contributed by atoms with Gasteiger partial charge in [-0.15, -0.1) is 0 Å². The number of hydrogen-bond acceptors (Lipinski definition) is 2. The largest absolute Gasteiger partial charge is 0.352 e. The third kappa shape index (κ3) is 4.03. The SMILES string of the molecule is CCC(N)C(=O)NC(C)Cc1ccccc1. The monoisotopic (exact) mass is 220 g/mol. The molecule has 1 aromatic rings. The zero-order valence-corrected chi connectivity index (χ0v) is 9.94. The average Bonchev–Trinajstić information content (AvgIpc) is 2.29. The van der Waals surface area contributed by atoms with Crippen LogP contribution in [0.5, 0.6) is 0 Å². The van der Waals surface area contributed by atoms with Gasteiger partial charge in [0.2, 0.25) is 5.91 Å². The number of nitrogens with two attached hydrogens (primary N) is 1. The Balaban J connectivity index is 2.42. The Hall–Kier alpha value is -1.35. The molecule has 0 aliphatic carbocycles. The predicted molar refractivity (Wildman–Crippen MR) is 66.0 cm³/mol. The van der Waals surface area contributed by atoms with E-state index >= 15 is 0 Å². The van der Waals surface area contributed by atoms with Crippen molar-refractivity contribution in [3.63, 3.8) is 0 Å². The Morgan fingerprint density at radius 3 is 2.56 bits per heavy atom. The van der Waals surface area contributed by atoms with Crippen molar-refractivity contribution in [1.82, 2.24) is 5.32 Å². The van der Waals surface area contributed by atoms with Crippen molar-refractivity contribution in [2.75, 3.05) is 0 Å². The van der Waals surface area contributed by atoms with Gasteiger partial charge in [-0.05, 0) is 25.3 Å². The molecular formula is C13H20N2O. The summed E-state index contributed by atoms with van der Waals surface area (Å²) in [7, 11) is 0. The van der Waals surface area contributed by atoms with Gasteiger partial charge in [-0.25, -0.2) is 0 Å². The maximum atomic E-state index is 11.5. The maximum absolute atomic E-state index is 11.5. The predicted octanol–water partition coefficient (Wildman–Crippen LogP) is 1.47. The number of benzene rings is 1. The van der Waals surface area contributed by atoms with Crippen LogP contribution in [0.2, 0.25) is 0 Å². The summed E-state index contributed by atoms with van der Waals surface area (Å²) in [6.45, 7) is 3.90. The van der Waals surface area contributed by atoms with Crippen LogP contribution in [0.4, 0.5) is 0 Å². The molecule has 2 atom stereocenters. The Bertz CT molecular complexity index is 324. The first kappa shape index (κ1) is 12.7. The van der Waals surface area contributed by atoms with Crippen LogP contribution in [0, 0.1) is 0 Å². The highest BCUT2D eigenvalue weighted by atomic mass is 16.2. The van der Waals surface area contributed by atoms with E-state index in [0.717, 1.165) is 6.42 Å². The minimum Gasteiger partial charge on any atom is -0.352 e. The molecule has 0 aromatic heterocycles. The highest BCUT2D eigenvalue weighted by Crippen LogP contribution is 2.02. The minimum atomic E-state index is -0.391. The van der Waals surface area contributed by atoms with E-state index in [1.807, 2.05) is 32.0 Å². The van der Waals surface area contributed by atoms with E-state index in [-0.39, 0.29) is 11.9 Å². The fourth-order valence-corrected chi connectivity index (χ4v) is 1.55. The molecule has 2 unspecified atom stereocenters. The molecular weight excluding hydrogens is 200 g/mol. The summed E-state index contributed by atoms with van der Waals surface area (Å²) < 4.78 is 0. The van der Waals surface area contributed by atoms with Crippen LogP contribution in [-0.4, -0.2) is 18.0 Å². The van der Waals surface area contributed by atoms with Gasteiger partial charge in [0.05, 0.1) is 6.04 Å². The first-order chi connectivity index (χ1) is 7.63. The molecule has 0 bridgehead atoms. The summed E-state index contributed by atoms with van der Waals surface area (Å²) in [6.07, 6.45) is 1.51. The van der Waals surface area contributed by atoms with Gasteiger partial charge in [-0.2, -0.15) is 0 Å². The van der Waals surface area contributed by atoms with E-state index in [0.29, 0.717) is 6.42 Å². The lowest BCUT2D eigenvalue weighted by atomic mass is 10.1. The summed E-state index contributed by atoms with van der Waals surface area (Å²) in [4.78, 5) is 11.5. The molecule has 1 aromatic carbocycles. The Labute approximate surface area is 97.0 Å². The number of rotatable bonds is 5. The van der Waals surface area contributed by atoms with Gasteiger partial charge in [0, 0.05) is 6.04 Å². The van der Waals surface area contributed by atoms with Gasteiger partial charge in [-0.1, -0.05) is 37.3 Å². The van der Waals surface area contributed by atoms with Crippen LogP contribution in [0.15, 0.2) is 30.3 Å². The van der Waals surface area contributed by atoms with Gasteiger partial charge < -0.3 is 11.1 Å². The molecule has 3 heteroatoms. The first-order valence-electron chi connectivity index (χ1n) is 5.73. The van der Waals surface area contributed by atoms with E-state index in [1.165, 1.54) is 5.56 Å². The Morgan fingerprint density at radius 2 is 2.00 bits per heavy atom. The third-order valence-corrected chi connectivity index (χ3v) is 2.55. The van der Waals surface area contributed by atoms with Gasteiger partial charge in [0.25, 0.3) is 0 Å². The van der Waals surface area contributed by atoms with Gasteiger partial charge in [0.15, 0.2) is 0 Å². The number of hydrogen-bond donors (Lipinski definition) is 2. The first-order valence-corrected chi connectivity index (χ1v) is 5.73. The van der Waals surface area contributed by atoms with E-state index in [9.17, 15) is 4.79 Å². The standard InChI is InChI=1S/C13H20N2O/c1-3-12(14)13(16)15-10(2)9-11-7-5-4-6-8-11/h4-8,10,12H,3,9,14H2,1-2H3,(H,15,16). The fraction of sp³-hybridized carbons (Fsp3) is 0.462. The lowest BCUT2D eigenvalue weighted by molar-refractivity contribution is -0.123. The summed E-state index contributed by atoms with van der Waals surface area (Å²) >= 11 is 0. The van der Waals surface area contributed by atoms with Crippen molar-refractivity contribution in [2.45, 2.75) is 38.8 Å². The van der Waals surface area contributed by atoms with Crippen LogP contribution in [0.1, 0.15) is 25.8 Å². The second-order valence-electron chi connectivity index (χ2n) is 4.11. The van der Waals surface area contributed by atoms with Crippen molar-refractivity contribution in [3.05, 3.63) is 35.9 Å². The molecule has 0 aliphatic rings. The molecule has 3 nitrogen and oxygen atoms in total. The molecule has 0 radical (unpaired) electrons. The number of carbonyl (C=O) groups is 1. The molecule has 0 aliphatic heterocycles. The van der Waals surface area contributed by atoms with Crippen molar-refractivity contribution >= 4 is 5.91 Å². The van der Waals surface area contributed by atoms with Gasteiger partial charge >= 0.3 is 0 Å². The molecule has 0 saturated carbocycles. The average molecular weight is 220 g/mol. The van der Waals surface area contributed by atoms with Crippen molar-refractivity contribution in [2.24, 2.45) is 5.73 Å². The van der Waals surface area contributed by atoms with Crippen LogP contribution >= 0.6 is 0 Å². The Kier molecular flexibility index (Phi) is 4.99. The molecule has 0 fully saturated rings. The molecule has 3 N–H and O–H groups in total. The number of carbonyl (C=O) groups excluding carboxylic acids is 1. The molecule has 1 amide bonds. The minimum absolute atomic E-state index is 0.0640. The van der Waals surface area contributed by atoms with E-state index in [4.69, 9.17) is 5.73 Å². The van der Waals surface area contributed by atoms with Gasteiger partial charge in [-0.3, -0.25) is 4.79 Å². The fourth-order valence-electron chi connectivity index (χ4n) is 1.55. The van der Waals surface area contributed by atoms with Crippen LogP contribution < -0.4 is 11.1 Å². The zero-order valence-electron chi connectivity index (χ0n) is 9.94. The van der Waals surface area contributed by atoms with Crippen molar-refractivity contribution in [1.29, 1.82) is 0 Å². The molecule has 0 heterocycles. The molecule has 0 saturated heterocycles. The Morgan fingerprint density at radius 1 is 1.38 bits per heavy atom. The molecule has 0 spiro atoms. The van der Waals surface area contributed by atoms with Crippen LogP contribution in [0.25, 0.3) is 0 Å². The molecule has 88 valence electrons. The highest BCUT2D eigenvalue weighted by molar-refractivity contribution is 5.81. The van der Waals surface area contributed by atoms with Gasteiger partial charge in [0.1, 0.15) is 0 Å². The van der Waals surface area contributed by atoms with Crippen molar-refractivity contribution in [3.8, 4) is 0 Å². The number of nitrogens with one attached hydrogen (secondary N) is 1. The lowest BCUT2D eigenvalue weighted by Crippen LogP contribution is -2.44. The van der Waals surface area contributed by atoms with Crippen molar-refractivity contribution < 1.29 is 4.79 Å². The summed E-state index contributed by atoms with van der Waals surface area (Å²) in [5, 5.41) is 2.92. The zero-order chi connectivity index (χ0) is 12.0. The summed E-state index contributed by atoms with van der Waals surface area (Å²) in [5.74, 6) is -0.0640. The quantitative estimate of drug-likeness (QED) is 0.789. The smallest absolute Gasteiger partial charge is 0.237 e. The van der Waals surface area contributed by atoms with Crippen LogP contribution in [0.3, 0.4) is 0 Å². The topological polar surface area (TPSA) is 55.1 Å². The van der Waals surface area contributed by atoms with Crippen LogP contribution in [-0.2, 0) is 11.2 Å².